The first-order valence-corrected chi connectivity index (χ1v) is 7.37. The van der Waals surface area contributed by atoms with Crippen molar-refractivity contribution in [1.82, 2.24) is 5.32 Å². The molecule has 0 aromatic heterocycles. The lowest BCUT2D eigenvalue weighted by molar-refractivity contribution is 0.0921. The van der Waals surface area contributed by atoms with Gasteiger partial charge in [-0.2, -0.15) is 0 Å². The van der Waals surface area contributed by atoms with Gasteiger partial charge in [0.25, 0.3) is 5.91 Å². The molecule has 1 aromatic rings. The smallest absolute Gasteiger partial charge is 0.251 e. The van der Waals surface area contributed by atoms with E-state index in [9.17, 15) is 13.2 Å². The summed E-state index contributed by atoms with van der Waals surface area (Å²) in [6, 6.07) is 4.04. The van der Waals surface area contributed by atoms with Crippen LogP contribution in [0.4, 0.5) is 0 Å². The summed E-state index contributed by atoms with van der Waals surface area (Å²) in [7, 11) is -3.34. The first kappa shape index (κ1) is 14.7. The molecule has 0 radical (unpaired) electrons. The predicted molar refractivity (Wildman–Crippen MR) is 68.3 cm³/mol. The lowest BCUT2D eigenvalue weighted by Crippen LogP contribution is -2.35. The highest BCUT2D eigenvalue weighted by Crippen LogP contribution is 2.15. The molecule has 5 nitrogen and oxygen atoms in total. The van der Waals surface area contributed by atoms with Gasteiger partial charge in [0.15, 0.2) is 9.84 Å². The monoisotopic (exact) mass is 271 g/mol. The molecule has 0 aliphatic carbocycles. The minimum atomic E-state index is -3.34. The van der Waals surface area contributed by atoms with E-state index in [0.717, 1.165) is 6.26 Å². The maximum Gasteiger partial charge on any atom is 0.251 e. The van der Waals surface area contributed by atoms with E-state index in [1.54, 1.807) is 19.9 Å². The summed E-state index contributed by atoms with van der Waals surface area (Å²) < 4.78 is 22.9. The Labute approximate surface area is 107 Å². The average molecular weight is 271 g/mol. The van der Waals surface area contributed by atoms with Crippen molar-refractivity contribution in [2.45, 2.75) is 24.8 Å². The molecule has 0 saturated heterocycles. The van der Waals surface area contributed by atoms with Crippen LogP contribution in [0.25, 0.3) is 0 Å². The number of benzene rings is 1. The van der Waals surface area contributed by atoms with Crippen LogP contribution in [-0.2, 0) is 9.84 Å². The summed E-state index contributed by atoms with van der Waals surface area (Å²) in [5, 5.41) is 11.5. The zero-order valence-electron chi connectivity index (χ0n) is 10.6. The third kappa shape index (κ3) is 3.54. The number of hydrogen-bond donors (Lipinski definition) is 2. The molecule has 0 unspecified atom stereocenters. The zero-order chi connectivity index (χ0) is 13.9. The van der Waals surface area contributed by atoms with Gasteiger partial charge < -0.3 is 10.4 Å². The summed E-state index contributed by atoms with van der Waals surface area (Å²) in [5.74, 6) is -0.389. The van der Waals surface area contributed by atoms with Gasteiger partial charge in [0.2, 0.25) is 0 Å². The van der Waals surface area contributed by atoms with Crippen molar-refractivity contribution >= 4 is 15.7 Å². The molecule has 0 saturated carbocycles. The number of hydrogen-bond acceptors (Lipinski definition) is 4. The van der Waals surface area contributed by atoms with Gasteiger partial charge in [-0.05, 0) is 31.5 Å². The van der Waals surface area contributed by atoms with Crippen molar-refractivity contribution in [3.8, 4) is 0 Å². The second kappa shape index (κ2) is 5.49. The van der Waals surface area contributed by atoms with Crippen molar-refractivity contribution in [3.63, 3.8) is 0 Å². The van der Waals surface area contributed by atoms with Gasteiger partial charge in [-0.25, -0.2) is 8.42 Å². The molecular formula is C12H17NO4S. The summed E-state index contributed by atoms with van der Waals surface area (Å²) in [4.78, 5) is 12.0. The molecule has 0 heterocycles. The Morgan fingerprint density at radius 3 is 2.56 bits per heavy atom. The molecule has 1 aromatic carbocycles. The molecule has 0 fully saturated rings. The van der Waals surface area contributed by atoms with Crippen LogP contribution in [0.1, 0.15) is 22.8 Å². The van der Waals surface area contributed by atoms with Gasteiger partial charge in [0.05, 0.1) is 11.5 Å². The number of aryl methyl sites for hydroxylation is 1. The van der Waals surface area contributed by atoms with Crippen LogP contribution < -0.4 is 5.32 Å². The highest BCUT2D eigenvalue weighted by Gasteiger charge is 2.15. The minimum Gasteiger partial charge on any atom is -0.394 e. The van der Waals surface area contributed by atoms with Gasteiger partial charge in [-0.15, -0.1) is 0 Å². The third-order valence-corrected chi connectivity index (χ3v) is 3.64. The van der Waals surface area contributed by atoms with Crippen LogP contribution in [-0.4, -0.2) is 38.3 Å². The van der Waals surface area contributed by atoms with E-state index in [4.69, 9.17) is 5.11 Å². The molecule has 100 valence electrons. The number of amides is 1. The van der Waals surface area contributed by atoms with Crippen LogP contribution in [0.2, 0.25) is 0 Å². The molecular weight excluding hydrogens is 254 g/mol. The number of nitrogens with one attached hydrogen (secondary N) is 1. The molecule has 0 aliphatic rings. The number of sulfone groups is 1. The Morgan fingerprint density at radius 1 is 1.44 bits per heavy atom. The summed E-state index contributed by atoms with van der Waals surface area (Å²) >= 11 is 0. The predicted octanol–water partition coefficient (Wildman–Crippen LogP) is 0.509. The standard InChI is InChI=1S/C12H17NO4S/c1-8-4-5-10(18(3,16)17)6-11(8)12(15)13-9(2)7-14/h4-6,9,14H,7H2,1-3H3,(H,13,15)/t9-/m0/s1. The molecule has 2 N–H and O–H groups in total. The normalized spacial score (nSPS) is 13.1. The molecule has 6 heteroatoms. The molecule has 0 aliphatic heterocycles. The maximum absolute atomic E-state index is 11.9. The van der Waals surface area contributed by atoms with Crippen LogP contribution in [0.15, 0.2) is 23.1 Å². The third-order valence-electron chi connectivity index (χ3n) is 2.53. The first-order chi connectivity index (χ1) is 8.25. The second-order valence-corrected chi connectivity index (χ2v) is 6.32. The SMILES string of the molecule is Cc1ccc(S(C)(=O)=O)cc1C(=O)N[C@@H](C)CO. The highest BCUT2D eigenvalue weighted by molar-refractivity contribution is 7.90. The van der Waals surface area contributed by atoms with E-state index in [2.05, 4.69) is 5.32 Å². The molecule has 1 rings (SSSR count). The Hall–Kier alpha value is -1.40. The number of aliphatic hydroxyl groups is 1. The number of aliphatic hydroxyl groups excluding tert-OH is 1. The van der Waals surface area contributed by atoms with E-state index >= 15 is 0 Å². The van der Waals surface area contributed by atoms with E-state index in [-0.39, 0.29) is 23.5 Å². The summed E-state index contributed by atoms with van der Waals surface area (Å²) in [5.41, 5.74) is 0.989. The fourth-order valence-electron chi connectivity index (χ4n) is 1.42. The van der Waals surface area contributed by atoms with Crippen molar-refractivity contribution < 1.29 is 18.3 Å². The van der Waals surface area contributed by atoms with Crippen LogP contribution in [0, 0.1) is 6.92 Å². The van der Waals surface area contributed by atoms with E-state index in [1.165, 1.54) is 12.1 Å². The topological polar surface area (TPSA) is 83.5 Å². The van der Waals surface area contributed by atoms with E-state index in [0.29, 0.717) is 11.1 Å². The quantitative estimate of drug-likeness (QED) is 0.835. The van der Waals surface area contributed by atoms with Gasteiger partial charge in [-0.3, -0.25) is 4.79 Å². The van der Waals surface area contributed by atoms with Gasteiger partial charge in [0.1, 0.15) is 0 Å². The molecule has 1 amide bonds. The Balaban J connectivity index is 3.12. The van der Waals surface area contributed by atoms with Crippen LogP contribution >= 0.6 is 0 Å². The Morgan fingerprint density at radius 2 is 2.06 bits per heavy atom. The minimum absolute atomic E-state index is 0.106. The van der Waals surface area contributed by atoms with E-state index < -0.39 is 9.84 Å². The van der Waals surface area contributed by atoms with E-state index in [1.807, 2.05) is 0 Å². The highest BCUT2D eigenvalue weighted by atomic mass is 32.2. The van der Waals surface area contributed by atoms with Gasteiger partial charge >= 0.3 is 0 Å². The number of carbonyl (C=O) groups excluding carboxylic acids is 1. The lowest BCUT2D eigenvalue weighted by Gasteiger charge is -2.13. The van der Waals surface area contributed by atoms with Crippen molar-refractivity contribution in [2.75, 3.05) is 12.9 Å². The summed E-state index contributed by atoms with van der Waals surface area (Å²) in [6.45, 7) is 3.22. The van der Waals surface area contributed by atoms with Gasteiger partial charge in [0, 0.05) is 17.9 Å². The molecule has 18 heavy (non-hydrogen) atoms. The molecule has 0 spiro atoms. The summed E-state index contributed by atoms with van der Waals surface area (Å²) in [6.07, 6.45) is 1.09. The van der Waals surface area contributed by atoms with Crippen LogP contribution in [0.5, 0.6) is 0 Å². The van der Waals surface area contributed by atoms with Crippen molar-refractivity contribution in [3.05, 3.63) is 29.3 Å². The number of rotatable bonds is 4. The lowest BCUT2D eigenvalue weighted by atomic mass is 10.1. The van der Waals surface area contributed by atoms with Crippen molar-refractivity contribution in [2.24, 2.45) is 0 Å². The average Bonchev–Trinajstić information content (AvgIpc) is 2.27. The Kier molecular flexibility index (Phi) is 4.48. The Bertz CT molecular complexity index is 551. The second-order valence-electron chi connectivity index (χ2n) is 4.31. The van der Waals surface area contributed by atoms with Gasteiger partial charge in [-0.1, -0.05) is 6.07 Å². The number of carbonyl (C=O) groups is 1. The molecule has 1 atom stereocenters. The maximum atomic E-state index is 11.9. The zero-order valence-corrected chi connectivity index (χ0v) is 11.4. The fraction of sp³-hybridized carbons (Fsp3) is 0.417. The molecule has 0 bridgehead atoms. The fourth-order valence-corrected chi connectivity index (χ4v) is 2.07. The largest absolute Gasteiger partial charge is 0.394 e. The first-order valence-electron chi connectivity index (χ1n) is 5.48. The van der Waals surface area contributed by atoms with Crippen molar-refractivity contribution in [1.29, 1.82) is 0 Å². The van der Waals surface area contributed by atoms with Crippen LogP contribution in [0.3, 0.4) is 0 Å².